The van der Waals surface area contributed by atoms with Gasteiger partial charge in [-0.1, -0.05) is 23.9 Å². The maximum atomic E-state index is 12.2. The van der Waals surface area contributed by atoms with Gasteiger partial charge in [0.15, 0.2) is 5.78 Å². The number of phenols is 1. The van der Waals surface area contributed by atoms with Crippen molar-refractivity contribution in [1.82, 2.24) is 20.2 Å². The van der Waals surface area contributed by atoms with Crippen molar-refractivity contribution < 1.29 is 9.90 Å². The van der Waals surface area contributed by atoms with Gasteiger partial charge in [0.1, 0.15) is 5.75 Å². The van der Waals surface area contributed by atoms with E-state index in [1.54, 1.807) is 24.3 Å². The molecule has 0 spiro atoms. The number of Topliss-reactive ketones (excluding diaryl/α,β-unsaturated/α-hetero) is 1. The van der Waals surface area contributed by atoms with E-state index in [-0.39, 0.29) is 17.3 Å². The fraction of sp³-hybridized carbons (Fsp3) is 0.0667. The van der Waals surface area contributed by atoms with Crippen LogP contribution in [0.3, 0.4) is 0 Å². The first-order valence-electron chi connectivity index (χ1n) is 6.63. The molecular formula is C15H11IN4O2S. The summed E-state index contributed by atoms with van der Waals surface area (Å²) in [6, 6.07) is 14.0. The van der Waals surface area contributed by atoms with E-state index in [9.17, 15) is 9.90 Å². The predicted molar refractivity (Wildman–Crippen MR) is 95.0 cm³/mol. The lowest BCUT2D eigenvalue weighted by Crippen LogP contribution is -2.05. The van der Waals surface area contributed by atoms with E-state index >= 15 is 0 Å². The number of nitrogens with zero attached hydrogens (tertiary/aromatic N) is 4. The standard InChI is InChI=1S/C15H11IN4O2S/c16-11-3-1-10(2-4-11)14(22)9-23-15-17-18-19-20(15)12-5-7-13(21)8-6-12/h1-8,21H,9H2. The fourth-order valence-electron chi connectivity index (χ4n) is 1.87. The number of benzene rings is 2. The molecule has 8 heteroatoms. The molecule has 116 valence electrons. The monoisotopic (exact) mass is 438 g/mol. The molecule has 1 heterocycles. The van der Waals surface area contributed by atoms with Crippen molar-refractivity contribution in [3.8, 4) is 11.4 Å². The molecule has 0 aliphatic heterocycles. The number of aromatic nitrogens is 4. The largest absolute Gasteiger partial charge is 0.508 e. The molecule has 3 rings (SSSR count). The summed E-state index contributed by atoms with van der Waals surface area (Å²) in [5, 5.41) is 21.4. The molecule has 0 fully saturated rings. The lowest BCUT2D eigenvalue weighted by molar-refractivity contribution is 0.102. The molecule has 2 aromatic carbocycles. The van der Waals surface area contributed by atoms with Crippen LogP contribution < -0.4 is 0 Å². The first-order valence-corrected chi connectivity index (χ1v) is 8.69. The van der Waals surface area contributed by atoms with Crippen LogP contribution >= 0.6 is 34.4 Å². The topological polar surface area (TPSA) is 80.9 Å². The van der Waals surface area contributed by atoms with Crippen molar-refractivity contribution in [1.29, 1.82) is 0 Å². The maximum absolute atomic E-state index is 12.2. The van der Waals surface area contributed by atoms with Crippen molar-refractivity contribution in [3.05, 3.63) is 57.7 Å². The third-order valence-electron chi connectivity index (χ3n) is 3.03. The molecule has 1 N–H and O–H groups in total. The number of halogens is 1. The SMILES string of the molecule is O=C(CSc1nnnn1-c1ccc(O)cc1)c1ccc(I)cc1. The molecule has 1 aromatic heterocycles. The number of carbonyl (C=O) groups excluding carboxylic acids is 1. The quantitative estimate of drug-likeness (QED) is 0.375. The number of ketones is 1. The predicted octanol–water partition coefficient (Wildman–Crippen LogP) is 2.95. The zero-order chi connectivity index (χ0) is 16.2. The first-order chi connectivity index (χ1) is 11.1. The lowest BCUT2D eigenvalue weighted by Gasteiger charge is -2.04. The highest BCUT2D eigenvalue weighted by Gasteiger charge is 2.12. The van der Waals surface area contributed by atoms with E-state index in [1.165, 1.54) is 16.4 Å². The normalized spacial score (nSPS) is 10.7. The number of tetrazole rings is 1. The Bertz CT molecular complexity index is 818. The average Bonchev–Trinajstić information content (AvgIpc) is 3.02. The second kappa shape index (κ2) is 7.09. The zero-order valence-corrected chi connectivity index (χ0v) is 14.7. The second-order valence-corrected chi connectivity index (χ2v) is 6.80. The Kier molecular flexibility index (Phi) is 4.91. The van der Waals surface area contributed by atoms with Crippen molar-refractivity contribution in [2.45, 2.75) is 5.16 Å². The van der Waals surface area contributed by atoms with Gasteiger partial charge in [0.25, 0.3) is 0 Å². The van der Waals surface area contributed by atoms with E-state index in [1.807, 2.05) is 24.3 Å². The van der Waals surface area contributed by atoms with Gasteiger partial charge in [0, 0.05) is 9.13 Å². The molecule has 6 nitrogen and oxygen atoms in total. The van der Waals surface area contributed by atoms with Crippen molar-refractivity contribution in [3.63, 3.8) is 0 Å². The number of aromatic hydroxyl groups is 1. The Morgan fingerprint density at radius 1 is 1.13 bits per heavy atom. The van der Waals surface area contributed by atoms with Gasteiger partial charge in [0.2, 0.25) is 5.16 Å². The first kappa shape index (κ1) is 15.9. The highest BCUT2D eigenvalue weighted by Crippen LogP contribution is 2.21. The van der Waals surface area contributed by atoms with Gasteiger partial charge < -0.3 is 5.11 Å². The molecule has 0 aliphatic rings. The Morgan fingerprint density at radius 2 is 1.83 bits per heavy atom. The summed E-state index contributed by atoms with van der Waals surface area (Å²) >= 11 is 3.47. The third-order valence-corrected chi connectivity index (χ3v) is 4.67. The van der Waals surface area contributed by atoms with Gasteiger partial charge in [-0.05, 0) is 69.4 Å². The summed E-state index contributed by atoms with van der Waals surface area (Å²) in [6.07, 6.45) is 0. The molecule has 0 amide bonds. The third kappa shape index (κ3) is 3.88. The Labute approximate surface area is 150 Å². The number of hydrogen-bond donors (Lipinski definition) is 1. The molecule has 0 radical (unpaired) electrons. The molecule has 0 atom stereocenters. The summed E-state index contributed by atoms with van der Waals surface area (Å²) in [5.74, 6) is 0.440. The Morgan fingerprint density at radius 3 is 2.52 bits per heavy atom. The van der Waals surface area contributed by atoms with Crippen LogP contribution in [0.5, 0.6) is 5.75 Å². The second-order valence-electron chi connectivity index (χ2n) is 4.61. The van der Waals surface area contributed by atoms with E-state index in [0.717, 1.165) is 9.26 Å². The minimum atomic E-state index is 0.0201. The number of phenolic OH excluding ortho intramolecular Hbond substituents is 1. The smallest absolute Gasteiger partial charge is 0.214 e. The summed E-state index contributed by atoms with van der Waals surface area (Å²) in [4.78, 5) is 12.2. The van der Waals surface area contributed by atoms with Crippen molar-refractivity contribution in [2.24, 2.45) is 0 Å². The maximum Gasteiger partial charge on any atom is 0.214 e. The van der Waals surface area contributed by atoms with Crippen LogP contribution in [-0.2, 0) is 0 Å². The molecular weight excluding hydrogens is 427 g/mol. The van der Waals surface area contributed by atoms with Crippen LogP contribution in [0.15, 0.2) is 53.7 Å². The van der Waals surface area contributed by atoms with Crippen LogP contribution in [0.25, 0.3) is 5.69 Å². The summed E-state index contributed by atoms with van der Waals surface area (Å²) in [7, 11) is 0. The minimum absolute atomic E-state index is 0.0201. The summed E-state index contributed by atoms with van der Waals surface area (Å²) < 4.78 is 2.62. The van der Waals surface area contributed by atoms with Gasteiger partial charge >= 0.3 is 0 Å². The van der Waals surface area contributed by atoms with Crippen LogP contribution in [0.4, 0.5) is 0 Å². The number of rotatable bonds is 5. The highest BCUT2D eigenvalue weighted by atomic mass is 127. The highest BCUT2D eigenvalue weighted by molar-refractivity contribution is 14.1. The molecule has 23 heavy (non-hydrogen) atoms. The van der Waals surface area contributed by atoms with Crippen LogP contribution in [0, 0.1) is 3.57 Å². The van der Waals surface area contributed by atoms with E-state index in [4.69, 9.17) is 0 Å². The molecule has 0 unspecified atom stereocenters. The van der Waals surface area contributed by atoms with Crippen molar-refractivity contribution >= 4 is 40.1 Å². The van der Waals surface area contributed by atoms with Gasteiger partial charge in [0.05, 0.1) is 11.4 Å². The van der Waals surface area contributed by atoms with Crippen LogP contribution in [0.1, 0.15) is 10.4 Å². The number of thioether (sulfide) groups is 1. The summed E-state index contributed by atoms with van der Waals surface area (Å²) in [6.45, 7) is 0. The van der Waals surface area contributed by atoms with Gasteiger partial charge in [-0.3, -0.25) is 4.79 Å². The Hall–Kier alpha value is -1.94. The molecule has 0 saturated heterocycles. The van der Waals surface area contributed by atoms with E-state index in [2.05, 4.69) is 38.1 Å². The van der Waals surface area contributed by atoms with Crippen LogP contribution in [-0.4, -0.2) is 36.8 Å². The molecule has 0 bridgehead atoms. The average molecular weight is 438 g/mol. The molecule has 0 aliphatic carbocycles. The van der Waals surface area contributed by atoms with E-state index in [0.29, 0.717) is 10.7 Å². The number of carbonyl (C=O) groups is 1. The van der Waals surface area contributed by atoms with Crippen LogP contribution in [0.2, 0.25) is 0 Å². The van der Waals surface area contributed by atoms with E-state index < -0.39 is 0 Å². The molecule has 3 aromatic rings. The number of hydrogen-bond acceptors (Lipinski definition) is 6. The fourth-order valence-corrected chi connectivity index (χ4v) is 3.02. The van der Waals surface area contributed by atoms with Gasteiger partial charge in [-0.25, -0.2) is 0 Å². The lowest BCUT2D eigenvalue weighted by atomic mass is 10.2. The van der Waals surface area contributed by atoms with Gasteiger partial charge in [-0.15, -0.1) is 5.10 Å². The minimum Gasteiger partial charge on any atom is -0.508 e. The van der Waals surface area contributed by atoms with Crippen molar-refractivity contribution in [2.75, 3.05) is 5.75 Å². The zero-order valence-electron chi connectivity index (χ0n) is 11.8. The Balaban J connectivity index is 1.72. The summed E-state index contributed by atoms with van der Waals surface area (Å²) in [5.41, 5.74) is 1.39. The van der Waals surface area contributed by atoms with Gasteiger partial charge in [-0.2, -0.15) is 4.68 Å². The molecule has 0 saturated carbocycles.